The molecular formula is C42H49N3O9. The van der Waals surface area contributed by atoms with Crippen molar-refractivity contribution < 1.29 is 42.7 Å². The number of carbonyl (C=O) groups is 2. The van der Waals surface area contributed by atoms with E-state index in [4.69, 9.17) is 38.1 Å². The first-order valence-corrected chi connectivity index (χ1v) is 19.1. The third kappa shape index (κ3) is 7.51. The Morgan fingerprint density at radius 3 is 1.94 bits per heavy atom. The maximum Gasteiger partial charge on any atom is 0.338 e. The number of ether oxygens (including phenoxy) is 7. The lowest BCUT2D eigenvalue weighted by atomic mass is 9.91. The second kappa shape index (κ2) is 17.2. The molecule has 2 N–H and O–H groups in total. The number of unbranched alkanes of at least 4 members (excludes halogenated alkanes) is 7. The largest absolute Gasteiger partial charge is 0.493 e. The quantitative estimate of drug-likeness (QED) is 0.0806. The van der Waals surface area contributed by atoms with Crippen LogP contribution in [0.15, 0.2) is 36.4 Å². The lowest BCUT2D eigenvalue weighted by molar-refractivity contribution is 0.0600. The highest BCUT2D eigenvalue weighted by atomic mass is 16.7. The second-order valence-corrected chi connectivity index (χ2v) is 13.8. The summed E-state index contributed by atoms with van der Waals surface area (Å²) >= 11 is 0. The fourth-order valence-corrected chi connectivity index (χ4v) is 7.72. The number of esters is 1. The number of hydrogen-bond donors (Lipinski definition) is 2. The number of amides is 1. The molecule has 1 aromatic heterocycles. The number of anilines is 1. The summed E-state index contributed by atoms with van der Waals surface area (Å²) in [6, 6.07) is 11.6. The number of rotatable bonds is 17. The first-order valence-electron chi connectivity index (χ1n) is 19.1. The van der Waals surface area contributed by atoms with E-state index < -0.39 is 5.97 Å². The van der Waals surface area contributed by atoms with E-state index in [1.165, 1.54) is 81.8 Å². The maximum atomic E-state index is 13.9. The molecule has 0 fully saturated rings. The minimum atomic E-state index is -0.648. The van der Waals surface area contributed by atoms with Crippen LogP contribution in [-0.2, 0) is 17.6 Å². The summed E-state index contributed by atoms with van der Waals surface area (Å²) in [7, 11) is 4.24. The molecule has 0 radical (unpaired) electrons. The predicted octanol–water partition coefficient (Wildman–Crippen LogP) is 8.00. The van der Waals surface area contributed by atoms with Crippen molar-refractivity contribution in [1.29, 1.82) is 0 Å². The van der Waals surface area contributed by atoms with Crippen molar-refractivity contribution in [3.05, 3.63) is 58.8 Å². The normalized spacial score (nSPS) is 13.8. The van der Waals surface area contributed by atoms with Gasteiger partial charge in [0.15, 0.2) is 23.0 Å². The number of nitrogens with zero attached hydrogens (tertiary/aromatic N) is 1. The number of methoxy groups -OCH3 is 3. The van der Waals surface area contributed by atoms with Gasteiger partial charge in [-0.25, -0.2) is 4.79 Å². The Morgan fingerprint density at radius 2 is 1.28 bits per heavy atom. The Labute approximate surface area is 315 Å². The van der Waals surface area contributed by atoms with Gasteiger partial charge < -0.3 is 43.8 Å². The Bertz CT molecular complexity index is 2010. The molecular weight excluding hydrogens is 690 g/mol. The average molecular weight is 740 g/mol. The number of fused-ring (bicyclic) bond motifs is 4. The highest BCUT2D eigenvalue weighted by Gasteiger charge is 2.37. The number of pyridine rings is 1. The number of nitrogens with one attached hydrogen (secondary N) is 2. The number of aryl methyl sites for hydroxylation is 1. The standard InChI is InChI=1S/C42H49N3O9/c1-48-32-22-28(34(39-37(32)51-24-53-39)35-29(42(47)50-3)23-33(49-2)38-40(35)54-25-52-38)41(46)44-21-15-9-7-5-4-6-8-14-20-43-36-26-16-10-12-18-30(26)45-31-19-13-11-17-27(31)36/h10,12,16,18,22-23H,4-9,11,13-15,17,19-21,24-25H2,1-3H3,(H,43,45)(H,44,46). The summed E-state index contributed by atoms with van der Waals surface area (Å²) < 4.78 is 39.4. The van der Waals surface area contributed by atoms with Crippen LogP contribution in [0.4, 0.5) is 5.69 Å². The molecule has 1 aliphatic carbocycles. The van der Waals surface area contributed by atoms with Gasteiger partial charge in [-0.1, -0.05) is 56.7 Å². The summed E-state index contributed by atoms with van der Waals surface area (Å²) in [5.74, 6) is 0.754. The Kier molecular flexibility index (Phi) is 11.7. The van der Waals surface area contributed by atoms with E-state index in [0.29, 0.717) is 35.1 Å². The molecule has 2 aliphatic heterocycles. The number of hydrogen-bond acceptors (Lipinski definition) is 11. The van der Waals surface area contributed by atoms with Gasteiger partial charge in [0.05, 0.1) is 38.0 Å². The van der Waals surface area contributed by atoms with E-state index >= 15 is 0 Å². The summed E-state index contributed by atoms with van der Waals surface area (Å²) in [6.07, 6.45) is 13.5. The van der Waals surface area contributed by atoms with E-state index in [9.17, 15) is 9.59 Å². The van der Waals surface area contributed by atoms with Crippen molar-refractivity contribution in [2.75, 3.05) is 53.3 Å². The summed E-state index contributed by atoms with van der Waals surface area (Å²) in [4.78, 5) is 32.0. The molecule has 54 heavy (non-hydrogen) atoms. The van der Waals surface area contributed by atoms with Crippen LogP contribution in [0.5, 0.6) is 34.5 Å². The van der Waals surface area contributed by atoms with Gasteiger partial charge in [-0.05, 0) is 62.3 Å². The number of benzene rings is 3. The monoisotopic (exact) mass is 739 g/mol. The van der Waals surface area contributed by atoms with Gasteiger partial charge in [-0.2, -0.15) is 0 Å². The lowest BCUT2D eigenvalue weighted by Gasteiger charge is -2.21. The lowest BCUT2D eigenvalue weighted by Crippen LogP contribution is -2.25. The van der Waals surface area contributed by atoms with Crippen molar-refractivity contribution in [2.45, 2.75) is 77.0 Å². The van der Waals surface area contributed by atoms with E-state index in [2.05, 4.69) is 34.9 Å². The van der Waals surface area contributed by atoms with Crippen LogP contribution in [0.2, 0.25) is 0 Å². The molecule has 0 spiro atoms. The van der Waals surface area contributed by atoms with Crippen LogP contribution in [0.3, 0.4) is 0 Å². The smallest absolute Gasteiger partial charge is 0.338 e. The summed E-state index contributed by atoms with van der Waals surface area (Å²) in [5, 5.41) is 8.08. The molecule has 3 aromatic carbocycles. The minimum absolute atomic E-state index is 0.0887. The first kappa shape index (κ1) is 36.9. The van der Waals surface area contributed by atoms with Crippen molar-refractivity contribution >= 4 is 28.5 Å². The molecule has 286 valence electrons. The fourth-order valence-electron chi connectivity index (χ4n) is 7.72. The highest BCUT2D eigenvalue weighted by Crippen LogP contribution is 2.56. The fraction of sp³-hybridized carbons (Fsp3) is 0.452. The average Bonchev–Trinajstić information content (AvgIpc) is 3.91. The van der Waals surface area contributed by atoms with Crippen molar-refractivity contribution in [1.82, 2.24) is 10.3 Å². The van der Waals surface area contributed by atoms with E-state index in [-0.39, 0.29) is 47.7 Å². The molecule has 0 saturated carbocycles. The third-order valence-corrected chi connectivity index (χ3v) is 10.4. The van der Waals surface area contributed by atoms with Crippen LogP contribution in [0.1, 0.15) is 96.2 Å². The van der Waals surface area contributed by atoms with Gasteiger partial charge >= 0.3 is 5.97 Å². The zero-order valence-electron chi connectivity index (χ0n) is 31.4. The van der Waals surface area contributed by atoms with Crippen LogP contribution in [0.25, 0.3) is 22.0 Å². The summed E-state index contributed by atoms with van der Waals surface area (Å²) in [6.45, 7) is 1.28. The Balaban J connectivity index is 0.912. The van der Waals surface area contributed by atoms with E-state index in [1.807, 2.05) is 0 Å². The number of aromatic nitrogens is 1. The highest BCUT2D eigenvalue weighted by molar-refractivity contribution is 6.10. The maximum absolute atomic E-state index is 13.9. The minimum Gasteiger partial charge on any atom is -0.493 e. The van der Waals surface area contributed by atoms with Gasteiger partial charge in [0.25, 0.3) is 5.91 Å². The molecule has 3 aliphatic rings. The SMILES string of the molecule is COC(=O)c1cc(OC)c2c(c1-c1c(C(=O)NCCCCCCCCCCNc3c4c(nc5ccccc35)CCCC4)cc(OC)c3c1OCO3)OCO2. The molecule has 12 nitrogen and oxygen atoms in total. The molecule has 0 unspecified atom stereocenters. The van der Waals surface area contributed by atoms with Crippen LogP contribution in [0, 0.1) is 0 Å². The Hall–Kier alpha value is -5.39. The van der Waals surface area contributed by atoms with Gasteiger partial charge in [0, 0.05) is 41.0 Å². The molecule has 12 heteroatoms. The third-order valence-electron chi connectivity index (χ3n) is 10.4. The van der Waals surface area contributed by atoms with Crippen LogP contribution in [-0.4, -0.2) is 64.9 Å². The van der Waals surface area contributed by atoms with E-state index in [0.717, 1.165) is 57.0 Å². The number of para-hydroxylation sites is 1. The zero-order chi connectivity index (χ0) is 37.4. The molecule has 0 atom stereocenters. The molecule has 4 aromatic rings. The second-order valence-electron chi connectivity index (χ2n) is 13.8. The molecule has 0 bridgehead atoms. The van der Waals surface area contributed by atoms with Crippen molar-refractivity contribution in [3.63, 3.8) is 0 Å². The van der Waals surface area contributed by atoms with Gasteiger partial charge in [0.2, 0.25) is 25.1 Å². The first-order chi connectivity index (χ1) is 26.5. The van der Waals surface area contributed by atoms with Crippen LogP contribution < -0.4 is 39.1 Å². The Morgan fingerprint density at radius 1 is 0.704 bits per heavy atom. The topological polar surface area (TPSA) is 136 Å². The molecule has 0 saturated heterocycles. The molecule has 1 amide bonds. The molecule has 7 rings (SSSR count). The van der Waals surface area contributed by atoms with Crippen LogP contribution >= 0.6 is 0 Å². The van der Waals surface area contributed by atoms with Crippen molar-refractivity contribution in [3.8, 4) is 45.6 Å². The van der Waals surface area contributed by atoms with Gasteiger partial charge in [-0.15, -0.1) is 0 Å². The summed E-state index contributed by atoms with van der Waals surface area (Å²) in [5.41, 5.74) is 6.04. The van der Waals surface area contributed by atoms with Crippen molar-refractivity contribution in [2.24, 2.45) is 0 Å². The van der Waals surface area contributed by atoms with Gasteiger partial charge in [-0.3, -0.25) is 9.78 Å². The number of carbonyl (C=O) groups excluding carboxylic acids is 2. The van der Waals surface area contributed by atoms with Gasteiger partial charge in [0.1, 0.15) is 0 Å². The van der Waals surface area contributed by atoms with E-state index in [1.54, 1.807) is 6.07 Å². The predicted molar refractivity (Wildman–Crippen MR) is 205 cm³/mol. The zero-order valence-corrected chi connectivity index (χ0v) is 31.4. The molecule has 3 heterocycles.